The SMILES string of the molecule is CC(CCO)SCC(=O)NC(=O)CN1CCCC1=O. The van der Waals surface area contributed by atoms with Crippen molar-refractivity contribution >= 4 is 29.5 Å². The Hall–Kier alpha value is -1.08. The molecule has 0 radical (unpaired) electrons. The molecule has 1 atom stereocenters. The highest BCUT2D eigenvalue weighted by molar-refractivity contribution is 8.00. The van der Waals surface area contributed by atoms with E-state index in [1.54, 1.807) is 0 Å². The zero-order valence-corrected chi connectivity index (χ0v) is 11.9. The van der Waals surface area contributed by atoms with Crippen molar-refractivity contribution in [3.8, 4) is 0 Å². The Balaban J connectivity index is 2.20. The smallest absolute Gasteiger partial charge is 0.246 e. The lowest BCUT2D eigenvalue weighted by atomic mass is 10.3. The van der Waals surface area contributed by atoms with Crippen molar-refractivity contribution in [3.05, 3.63) is 0 Å². The van der Waals surface area contributed by atoms with Gasteiger partial charge in [-0.1, -0.05) is 6.92 Å². The molecule has 6 nitrogen and oxygen atoms in total. The van der Waals surface area contributed by atoms with Crippen LogP contribution in [-0.4, -0.2) is 58.4 Å². The van der Waals surface area contributed by atoms with Gasteiger partial charge in [0.2, 0.25) is 17.7 Å². The number of carbonyl (C=O) groups excluding carboxylic acids is 3. The van der Waals surface area contributed by atoms with E-state index in [2.05, 4.69) is 5.32 Å². The molecule has 1 rings (SSSR count). The van der Waals surface area contributed by atoms with Crippen LogP contribution in [0, 0.1) is 0 Å². The Morgan fingerprint density at radius 1 is 1.47 bits per heavy atom. The lowest BCUT2D eigenvalue weighted by Gasteiger charge is -2.14. The number of carbonyl (C=O) groups is 3. The number of rotatable bonds is 7. The molecule has 1 aliphatic heterocycles. The van der Waals surface area contributed by atoms with Gasteiger partial charge in [0.25, 0.3) is 0 Å². The molecule has 0 aromatic rings. The third kappa shape index (κ3) is 6.07. The van der Waals surface area contributed by atoms with Crippen molar-refractivity contribution in [3.63, 3.8) is 0 Å². The first-order chi connectivity index (χ1) is 9.02. The van der Waals surface area contributed by atoms with Crippen LogP contribution >= 0.6 is 11.8 Å². The third-order valence-electron chi connectivity index (χ3n) is 2.82. The molecular formula is C12H20N2O4S. The Kier molecular flexibility index (Phi) is 6.86. The molecule has 3 amide bonds. The molecule has 0 aromatic heterocycles. The number of nitrogens with zero attached hydrogens (tertiary/aromatic N) is 1. The summed E-state index contributed by atoms with van der Waals surface area (Å²) in [6, 6.07) is 0. The fourth-order valence-electron chi connectivity index (χ4n) is 1.76. The number of nitrogens with one attached hydrogen (secondary N) is 1. The summed E-state index contributed by atoms with van der Waals surface area (Å²) in [5, 5.41) is 11.2. The summed E-state index contributed by atoms with van der Waals surface area (Å²) >= 11 is 1.39. The van der Waals surface area contributed by atoms with Crippen LogP contribution in [0.1, 0.15) is 26.2 Å². The van der Waals surface area contributed by atoms with Crippen molar-refractivity contribution in [2.75, 3.05) is 25.4 Å². The second-order valence-electron chi connectivity index (χ2n) is 4.52. The average Bonchev–Trinajstić information content (AvgIpc) is 2.73. The van der Waals surface area contributed by atoms with Crippen molar-refractivity contribution in [1.82, 2.24) is 10.2 Å². The van der Waals surface area contributed by atoms with Gasteiger partial charge in [0.05, 0.1) is 12.3 Å². The van der Waals surface area contributed by atoms with Gasteiger partial charge in [0.1, 0.15) is 0 Å². The maximum absolute atomic E-state index is 11.6. The maximum Gasteiger partial charge on any atom is 0.246 e. The number of thioether (sulfide) groups is 1. The third-order valence-corrected chi connectivity index (χ3v) is 4.05. The lowest BCUT2D eigenvalue weighted by Crippen LogP contribution is -2.41. The summed E-state index contributed by atoms with van der Waals surface area (Å²) in [7, 11) is 0. The summed E-state index contributed by atoms with van der Waals surface area (Å²) in [6.45, 7) is 2.55. The van der Waals surface area contributed by atoms with Gasteiger partial charge in [-0.15, -0.1) is 11.8 Å². The van der Waals surface area contributed by atoms with E-state index in [0.29, 0.717) is 19.4 Å². The van der Waals surface area contributed by atoms with Crippen LogP contribution < -0.4 is 5.32 Å². The molecule has 108 valence electrons. The fraction of sp³-hybridized carbons (Fsp3) is 0.750. The average molecular weight is 288 g/mol. The molecule has 0 saturated carbocycles. The number of aliphatic hydroxyl groups excluding tert-OH is 1. The van der Waals surface area contributed by atoms with E-state index in [-0.39, 0.29) is 36.0 Å². The van der Waals surface area contributed by atoms with Gasteiger partial charge < -0.3 is 10.0 Å². The van der Waals surface area contributed by atoms with E-state index in [4.69, 9.17) is 5.11 Å². The van der Waals surface area contributed by atoms with Gasteiger partial charge in [0, 0.05) is 24.8 Å². The zero-order valence-electron chi connectivity index (χ0n) is 11.1. The minimum atomic E-state index is -0.435. The van der Waals surface area contributed by atoms with Crippen molar-refractivity contribution in [1.29, 1.82) is 0 Å². The van der Waals surface area contributed by atoms with Gasteiger partial charge in [0.15, 0.2) is 0 Å². The van der Waals surface area contributed by atoms with Crippen LogP contribution in [0.15, 0.2) is 0 Å². The van der Waals surface area contributed by atoms with Gasteiger partial charge in [-0.2, -0.15) is 0 Å². The predicted octanol–water partition coefficient (Wildman–Crippen LogP) is -0.244. The molecule has 0 aliphatic carbocycles. The molecule has 1 saturated heterocycles. The van der Waals surface area contributed by atoms with E-state index in [1.165, 1.54) is 16.7 Å². The normalized spacial score (nSPS) is 16.5. The molecule has 0 bridgehead atoms. The van der Waals surface area contributed by atoms with Gasteiger partial charge in [-0.3, -0.25) is 19.7 Å². The highest BCUT2D eigenvalue weighted by atomic mass is 32.2. The quantitative estimate of drug-likeness (QED) is 0.675. The topological polar surface area (TPSA) is 86.7 Å². The molecular weight excluding hydrogens is 268 g/mol. The predicted molar refractivity (Wildman–Crippen MR) is 72.6 cm³/mol. The lowest BCUT2D eigenvalue weighted by molar-refractivity contribution is -0.135. The number of imide groups is 1. The first-order valence-corrected chi connectivity index (χ1v) is 7.40. The first kappa shape index (κ1) is 16.0. The first-order valence-electron chi connectivity index (χ1n) is 6.36. The maximum atomic E-state index is 11.6. The second-order valence-corrected chi connectivity index (χ2v) is 5.95. The molecule has 1 fully saturated rings. The number of hydrogen-bond acceptors (Lipinski definition) is 5. The number of hydrogen-bond donors (Lipinski definition) is 2. The molecule has 7 heteroatoms. The molecule has 1 aliphatic rings. The standard InChI is InChI=1S/C12H20N2O4S/c1-9(4-6-15)19-8-11(17)13-10(16)7-14-5-2-3-12(14)18/h9,15H,2-8H2,1H3,(H,13,16,17). The second kappa shape index (κ2) is 8.16. The van der Waals surface area contributed by atoms with Crippen LogP contribution in [0.25, 0.3) is 0 Å². The molecule has 0 aromatic carbocycles. The largest absolute Gasteiger partial charge is 0.396 e. The van der Waals surface area contributed by atoms with Crippen molar-refractivity contribution in [2.24, 2.45) is 0 Å². The van der Waals surface area contributed by atoms with E-state index < -0.39 is 5.91 Å². The number of aliphatic hydroxyl groups is 1. The molecule has 19 heavy (non-hydrogen) atoms. The molecule has 0 spiro atoms. The number of amides is 3. The van der Waals surface area contributed by atoms with Crippen molar-refractivity contribution in [2.45, 2.75) is 31.4 Å². The van der Waals surface area contributed by atoms with Gasteiger partial charge in [-0.05, 0) is 12.8 Å². The summed E-state index contributed by atoms with van der Waals surface area (Å²) in [5.74, 6) is -0.642. The van der Waals surface area contributed by atoms with Crippen LogP contribution in [-0.2, 0) is 14.4 Å². The van der Waals surface area contributed by atoms with E-state index >= 15 is 0 Å². The fourth-order valence-corrected chi connectivity index (χ4v) is 2.54. The zero-order chi connectivity index (χ0) is 14.3. The number of likely N-dealkylation sites (tertiary alicyclic amines) is 1. The monoisotopic (exact) mass is 288 g/mol. The van der Waals surface area contributed by atoms with E-state index in [1.807, 2.05) is 6.92 Å². The van der Waals surface area contributed by atoms with E-state index in [9.17, 15) is 14.4 Å². The minimum Gasteiger partial charge on any atom is -0.396 e. The van der Waals surface area contributed by atoms with Crippen LogP contribution in [0.5, 0.6) is 0 Å². The highest BCUT2D eigenvalue weighted by Gasteiger charge is 2.23. The molecule has 1 unspecified atom stereocenters. The Morgan fingerprint density at radius 2 is 2.21 bits per heavy atom. The van der Waals surface area contributed by atoms with Crippen molar-refractivity contribution < 1.29 is 19.5 Å². The Bertz CT molecular complexity index is 349. The Labute approximate surface area is 116 Å². The molecule has 1 heterocycles. The summed E-state index contributed by atoms with van der Waals surface area (Å²) in [6.07, 6.45) is 1.87. The highest BCUT2D eigenvalue weighted by Crippen LogP contribution is 2.13. The van der Waals surface area contributed by atoms with Gasteiger partial charge in [-0.25, -0.2) is 0 Å². The van der Waals surface area contributed by atoms with Crippen LogP contribution in [0.4, 0.5) is 0 Å². The van der Waals surface area contributed by atoms with E-state index in [0.717, 1.165) is 6.42 Å². The van der Waals surface area contributed by atoms with Crippen LogP contribution in [0.2, 0.25) is 0 Å². The summed E-state index contributed by atoms with van der Waals surface area (Å²) in [5.41, 5.74) is 0. The van der Waals surface area contributed by atoms with Crippen LogP contribution in [0.3, 0.4) is 0 Å². The summed E-state index contributed by atoms with van der Waals surface area (Å²) in [4.78, 5) is 35.8. The minimum absolute atomic E-state index is 0.0338. The molecule has 2 N–H and O–H groups in total. The Morgan fingerprint density at radius 3 is 2.79 bits per heavy atom. The summed E-state index contributed by atoms with van der Waals surface area (Å²) < 4.78 is 0. The van der Waals surface area contributed by atoms with Gasteiger partial charge >= 0.3 is 0 Å².